The molecule has 0 radical (unpaired) electrons. The van der Waals surface area contributed by atoms with Crippen LogP contribution in [0.2, 0.25) is 0 Å². The van der Waals surface area contributed by atoms with Crippen LogP contribution in [0.4, 0.5) is 0 Å². The van der Waals surface area contributed by atoms with Gasteiger partial charge < -0.3 is 14.1 Å². The number of rotatable bonds is 3. The number of carboxylic acids is 1. The lowest BCUT2D eigenvalue weighted by Gasteiger charge is -1.99. The Bertz CT molecular complexity index is 684. The van der Waals surface area contributed by atoms with E-state index in [4.69, 9.17) is 20.0 Å². The summed E-state index contributed by atoms with van der Waals surface area (Å²) < 4.78 is 6.47. The van der Waals surface area contributed by atoms with Crippen molar-refractivity contribution in [3.63, 3.8) is 0 Å². The summed E-state index contributed by atoms with van der Waals surface area (Å²) in [6.45, 7) is 0.144. The monoisotopic (exact) mass is 242 g/mol. The minimum atomic E-state index is -1.16. The summed E-state index contributed by atoms with van der Waals surface area (Å²) in [6.07, 6.45) is 1.33. The number of aromatic carboxylic acids is 1. The van der Waals surface area contributed by atoms with E-state index in [0.717, 1.165) is 0 Å². The molecule has 0 atom stereocenters. The number of aromatic nitrogens is 2. The third-order valence-corrected chi connectivity index (χ3v) is 2.25. The summed E-state index contributed by atoms with van der Waals surface area (Å²) in [5.74, 6) is -0.972. The second-order valence-electron chi connectivity index (χ2n) is 3.36. The number of carboxylic acid groups (broad SMARTS) is 1. The van der Waals surface area contributed by atoms with Gasteiger partial charge in [0.1, 0.15) is 17.9 Å². The molecule has 0 aliphatic rings. The smallest absolute Gasteiger partial charge is 0.371 e. The van der Waals surface area contributed by atoms with Crippen LogP contribution < -0.4 is 0 Å². The van der Waals surface area contributed by atoms with E-state index in [0.29, 0.717) is 5.76 Å². The van der Waals surface area contributed by atoms with Crippen LogP contribution in [-0.4, -0.2) is 20.6 Å². The zero-order valence-electron chi connectivity index (χ0n) is 8.99. The predicted molar refractivity (Wildman–Crippen MR) is 56.4 cm³/mol. The van der Waals surface area contributed by atoms with Crippen molar-refractivity contribution in [1.29, 1.82) is 10.5 Å². The molecule has 0 aliphatic heterocycles. The van der Waals surface area contributed by atoms with Crippen molar-refractivity contribution in [1.82, 2.24) is 9.55 Å². The van der Waals surface area contributed by atoms with Crippen molar-refractivity contribution >= 4 is 5.97 Å². The molecular weight excluding hydrogens is 236 g/mol. The number of imidazole rings is 1. The first-order valence-electron chi connectivity index (χ1n) is 4.83. The number of nitrogens with zero attached hydrogens (tertiary/aromatic N) is 4. The molecule has 0 saturated heterocycles. The van der Waals surface area contributed by atoms with Crippen LogP contribution in [0.15, 0.2) is 22.9 Å². The van der Waals surface area contributed by atoms with Gasteiger partial charge in [0, 0.05) is 0 Å². The van der Waals surface area contributed by atoms with Gasteiger partial charge in [-0.1, -0.05) is 0 Å². The first kappa shape index (κ1) is 11.4. The van der Waals surface area contributed by atoms with Gasteiger partial charge in [0.2, 0.25) is 5.76 Å². The van der Waals surface area contributed by atoms with Gasteiger partial charge in [0.15, 0.2) is 11.4 Å². The van der Waals surface area contributed by atoms with Crippen molar-refractivity contribution < 1.29 is 14.3 Å². The van der Waals surface area contributed by atoms with Gasteiger partial charge >= 0.3 is 5.97 Å². The normalized spacial score (nSPS) is 9.67. The molecular formula is C11H6N4O3. The summed E-state index contributed by atoms with van der Waals surface area (Å²) in [7, 11) is 0. The van der Waals surface area contributed by atoms with E-state index < -0.39 is 5.97 Å². The molecule has 7 nitrogen and oxygen atoms in total. The molecule has 2 aromatic heterocycles. The average Bonchev–Trinajstić information content (AvgIpc) is 2.95. The maximum absolute atomic E-state index is 10.6. The van der Waals surface area contributed by atoms with Crippen molar-refractivity contribution in [2.75, 3.05) is 0 Å². The Morgan fingerprint density at radius 2 is 2.22 bits per heavy atom. The molecule has 0 fully saturated rings. The fraction of sp³-hybridized carbons (Fsp3) is 0.0909. The Balaban J connectivity index is 2.29. The summed E-state index contributed by atoms with van der Waals surface area (Å²) >= 11 is 0. The molecule has 1 N–H and O–H groups in total. The van der Waals surface area contributed by atoms with Crippen molar-refractivity contribution in [2.45, 2.75) is 6.54 Å². The Morgan fingerprint density at radius 1 is 1.44 bits per heavy atom. The van der Waals surface area contributed by atoms with E-state index in [1.165, 1.54) is 23.0 Å². The quantitative estimate of drug-likeness (QED) is 0.856. The van der Waals surface area contributed by atoms with Gasteiger partial charge in [-0.25, -0.2) is 9.78 Å². The lowest BCUT2D eigenvalue weighted by Crippen LogP contribution is -2.00. The average molecular weight is 242 g/mol. The summed E-state index contributed by atoms with van der Waals surface area (Å²) in [5.41, 5.74) is 0.147. The first-order chi connectivity index (χ1) is 8.65. The predicted octanol–water partition coefficient (Wildman–Crippen LogP) is 0.966. The van der Waals surface area contributed by atoms with E-state index in [2.05, 4.69) is 4.98 Å². The van der Waals surface area contributed by atoms with Crippen LogP contribution in [-0.2, 0) is 6.54 Å². The molecule has 2 rings (SSSR count). The highest BCUT2D eigenvalue weighted by atomic mass is 16.4. The standard InChI is InChI=1S/C11H6N4O3/c12-3-8-9(4-13)15(6-14-8)5-7-1-2-10(18-7)11(16)17/h1-2,6H,5H2,(H,16,17). The third kappa shape index (κ3) is 1.93. The first-order valence-corrected chi connectivity index (χ1v) is 4.83. The molecule has 0 bridgehead atoms. The third-order valence-electron chi connectivity index (χ3n) is 2.25. The van der Waals surface area contributed by atoms with Gasteiger partial charge in [-0.15, -0.1) is 0 Å². The van der Waals surface area contributed by atoms with Crippen LogP contribution >= 0.6 is 0 Å². The van der Waals surface area contributed by atoms with Crippen LogP contribution in [0.5, 0.6) is 0 Å². The molecule has 18 heavy (non-hydrogen) atoms. The van der Waals surface area contributed by atoms with Crippen molar-refractivity contribution in [2.24, 2.45) is 0 Å². The van der Waals surface area contributed by atoms with Gasteiger partial charge in [-0.3, -0.25) is 0 Å². The molecule has 2 heterocycles. The van der Waals surface area contributed by atoms with Gasteiger partial charge in [-0.05, 0) is 12.1 Å². The lowest BCUT2D eigenvalue weighted by molar-refractivity contribution is 0.0660. The molecule has 2 aromatic rings. The molecule has 0 saturated carbocycles. The highest BCUT2D eigenvalue weighted by Crippen LogP contribution is 2.12. The highest BCUT2D eigenvalue weighted by Gasteiger charge is 2.13. The molecule has 0 unspecified atom stereocenters. The molecule has 0 aromatic carbocycles. The lowest BCUT2D eigenvalue weighted by atomic mass is 10.3. The molecule has 0 amide bonds. The Hall–Kier alpha value is -3.06. The van der Waals surface area contributed by atoms with E-state index in [1.807, 2.05) is 6.07 Å². The number of carbonyl (C=O) groups is 1. The van der Waals surface area contributed by atoms with Crippen LogP contribution in [0.1, 0.15) is 27.7 Å². The largest absolute Gasteiger partial charge is 0.475 e. The summed E-state index contributed by atoms with van der Waals surface area (Å²) in [6, 6.07) is 6.48. The minimum absolute atomic E-state index is 0.0301. The van der Waals surface area contributed by atoms with E-state index >= 15 is 0 Å². The Morgan fingerprint density at radius 3 is 2.78 bits per heavy atom. The summed E-state index contributed by atoms with van der Waals surface area (Å²) in [4.78, 5) is 14.4. The fourth-order valence-electron chi connectivity index (χ4n) is 1.45. The van der Waals surface area contributed by atoms with Crippen molar-refractivity contribution in [3.05, 3.63) is 41.4 Å². The number of hydrogen-bond donors (Lipinski definition) is 1. The van der Waals surface area contributed by atoms with Crippen LogP contribution in [0, 0.1) is 22.7 Å². The second-order valence-corrected chi connectivity index (χ2v) is 3.36. The molecule has 0 aliphatic carbocycles. The van der Waals surface area contributed by atoms with Crippen LogP contribution in [0.3, 0.4) is 0 Å². The van der Waals surface area contributed by atoms with E-state index in [9.17, 15) is 4.79 Å². The maximum Gasteiger partial charge on any atom is 0.371 e. The molecule has 0 spiro atoms. The van der Waals surface area contributed by atoms with Gasteiger partial charge in [0.05, 0.1) is 12.9 Å². The fourth-order valence-corrected chi connectivity index (χ4v) is 1.45. The maximum atomic E-state index is 10.6. The SMILES string of the molecule is N#Cc1ncn(Cc2ccc(C(=O)O)o2)c1C#N. The number of hydrogen-bond acceptors (Lipinski definition) is 5. The van der Waals surface area contributed by atoms with Crippen LogP contribution in [0.25, 0.3) is 0 Å². The summed E-state index contributed by atoms with van der Waals surface area (Å²) in [5, 5.41) is 26.3. The minimum Gasteiger partial charge on any atom is -0.475 e. The Kier molecular flexibility index (Phi) is 2.82. The van der Waals surface area contributed by atoms with Crippen molar-refractivity contribution in [3.8, 4) is 12.1 Å². The zero-order valence-corrected chi connectivity index (χ0v) is 8.99. The van der Waals surface area contributed by atoms with E-state index in [-0.39, 0.29) is 23.7 Å². The highest BCUT2D eigenvalue weighted by molar-refractivity contribution is 5.84. The topological polar surface area (TPSA) is 116 Å². The zero-order chi connectivity index (χ0) is 13.1. The Labute approximate surface area is 101 Å². The molecule has 7 heteroatoms. The molecule has 88 valence electrons. The number of furan rings is 1. The number of nitriles is 2. The van der Waals surface area contributed by atoms with E-state index in [1.54, 1.807) is 6.07 Å². The van der Waals surface area contributed by atoms with Gasteiger partial charge in [0.25, 0.3) is 0 Å². The van der Waals surface area contributed by atoms with Gasteiger partial charge in [-0.2, -0.15) is 10.5 Å². The second kappa shape index (κ2) is 4.44.